The van der Waals surface area contributed by atoms with E-state index in [2.05, 4.69) is 79.8 Å². The molecule has 136 valence electrons. The fourth-order valence-electron chi connectivity index (χ4n) is 4.19. The maximum absolute atomic E-state index is 13.5. The number of fused-ring (bicyclic) bond motifs is 1. The maximum atomic E-state index is 13.5. The minimum absolute atomic E-state index is 0.0506. The molecule has 0 atom stereocenters. The van der Waals surface area contributed by atoms with Gasteiger partial charge in [-0.05, 0) is 46.2 Å². The van der Waals surface area contributed by atoms with Crippen LogP contribution in [0.25, 0.3) is 0 Å². The molecule has 1 aliphatic heterocycles. The number of aryl methyl sites for hydroxylation is 2. The lowest BCUT2D eigenvalue weighted by atomic mass is 9.65. The van der Waals surface area contributed by atoms with Crippen LogP contribution in [0.5, 0.6) is 0 Å². The molecule has 0 unspecified atom stereocenters. The zero-order valence-electron chi connectivity index (χ0n) is 16.0. The largest absolute Gasteiger partial charge is 0.351 e. The van der Waals surface area contributed by atoms with Gasteiger partial charge in [-0.2, -0.15) is 0 Å². The first-order chi connectivity index (χ1) is 13.2. The number of carbonyl (C=O) groups is 1. The van der Waals surface area contributed by atoms with Crippen molar-refractivity contribution in [3.63, 3.8) is 0 Å². The van der Waals surface area contributed by atoms with Crippen molar-refractivity contribution in [2.24, 2.45) is 0 Å². The Balaban J connectivity index is 2.01. The van der Waals surface area contributed by atoms with Crippen LogP contribution >= 0.6 is 0 Å². The molecule has 1 aliphatic rings. The van der Waals surface area contributed by atoms with Gasteiger partial charge in [0, 0.05) is 6.54 Å². The van der Waals surface area contributed by atoms with Crippen LogP contribution in [0, 0.1) is 0 Å². The summed E-state index contributed by atoms with van der Waals surface area (Å²) < 4.78 is 0. The van der Waals surface area contributed by atoms with Crippen LogP contribution in [0.1, 0.15) is 47.2 Å². The lowest BCUT2D eigenvalue weighted by Gasteiger charge is -2.39. The summed E-state index contributed by atoms with van der Waals surface area (Å²) in [7, 11) is 0. The Labute approximate surface area is 161 Å². The topological polar surface area (TPSA) is 29.1 Å². The van der Waals surface area contributed by atoms with E-state index in [-0.39, 0.29) is 5.91 Å². The van der Waals surface area contributed by atoms with Crippen molar-refractivity contribution < 1.29 is 4.79 Å². The van der Waals surface area contributed by atoms with Crippen LogP contribution in [0.3, 0.4) is 0 Å². The van der Waals surface area contributed by atoms with E-state index in [1.807, 2.05) is 12.1 Å². The Kier molecular flexibility index (Phi) is 4.57. The highest BCUT2D eigenvalue weighted by atomic mass is 16.2. The van der Waals surface area contributed by atoms with E-state index in [1.165, 1.54) is 16.7 Å². The van der Waals surface area contributed by atoms with Gasteiger partial charge in [0.25, 0.3) is 0 Å². The molecule has 2 nitrogen and oxygen atoms in total. The molecular formula is C25H25NO. The molecule has 0 fully saturated rings. The molecule has 0 aromatic heterocycles. The quantitative estimate of drug-likeness (QED) is 0.717. The third kappa shape index (κ3) is 2.76. The van der Waals surface area contributed by atoms with Gasteiger partial charge in [0.2, 0.25) is 5.91 Å². The number of carbonyl (C=O) groups excluding carboxylic acids is 1. The number of amides is 1. The molecule has 3 aromatic rings. The summed E-state index contributed by atoms with van der Waals surface area (Å²) in [5.74, 6) is 0.0506. The Morgan fingerprint density at radius 1 is 0.778 bits per heavy atom. The van der Waals surface area contributed by atoms with E-state index in [0.29, 0.717) is 6.54 Å². The first kappa shape index (κ1) is 17.5. The smallest absolute Gasteiger partial charge is 0.239 e. The Morgan fingerprint density at radius 2 is 1.30 bits per heavy atom. The molecular weight excluding hydrogens is 330 g/mol. The third-order valence-electron chi connectivity index (χ3n) is 5.79. The van der Waals surface area contributed by atoms with Crippen molar-refractivity contribution in [2.75, 3.05) is 0 Å². The van der Waals surface area contributed by atoms with E-state index in [1.54, 1.807) is 0 Å². The van der Waals surface area contributed by atoms with Crippen LogP contribution in [0.4, 0.5) is 0 Å². The Bertz CT molecular complexity index is 907. The fraction of sp³-hybridized carbons (Fsp3) is 0.240. The summed E-state index contributed by atoms with van der Waals surface area (Å²) in [4.78, 5) is 13.5. The van der Waals surface area contributed by atoms with Crippen LogP contribution in [-0.4, -0.2) is 5.91 Å². The Hall–Kier alpha value is -2.87. The molecule has 1 heterocycles. The van der Waals surface area contributed by atoms with Gasteiger partial charge in [0.1, 0.15) is 5.41 Å². The minimum Gasteiger partial charge on any atom is -0.351 e. The maximum Gasteiger partial charge on any atom is 0.239 e. The molecule has 3 aromatic carbocycles. The number of benzene rings is 3. The Morgan fingerprint density at radius 3 is 1.81 bits per heavy atom. The molecule has 4 rings (SSSR count). The summed E-state index contributed by atoms with van der Waals surface area (Å²) >= 11 is 0. The molecule has 2 heteroatoms. The van der Waals surface area contributed by atoms with Crippen molar-refractivity contribution in [1.29, 1.82) is 0 Å². The molecule has 0 aliphatic carbocycles. The average molecular weight is 355 g/mol. The normalized spacial score (nSPS) is 15.1. The summed E-state index contributed by atoms with van der Waals surface area (Å²) in [5, 5.41) is 3.14. The lowest BCUT2D eigenvalue weighted by molar-refractivity contribution is -0.124. The average Bonchev–Trinajstić information content (AvgIpc) is 2.74. The SMILES string of the molecule is CCc1ccc(C2(c3ccc(CC)cc3)C(=O)NCc3ccccc32)cc1. The van der Waals surface area contributed by atoms with Gasteiger partial charge >= 0.3 is 0 Å². The zero-order valence-corrected chi connectivity index (χ0v) is 16.0. The van der Waals surface area contributed by atoms with Crippen molar-refractivity contribution in [1.82, 2.24) is 5.32 Å². The number of nitrogens with one attached hydrogen (secondary N) is 1. The van der Waals surface area contributed by atoms with Gasteiger partial charge in [-0.15, -0.1) is 0 Å². The predicted molar refractivity (Wildman–Crippen MR) is 110 cm³/mol. The highest BCUT2D eigenvalue weighted by Crippen LogP contribution is 2.43. The highest BCUT2D eigenvalue weighted by Gasteiger charge is 2.47. The van der Waals surface area contributed by atoms with E-state index >= 15 is 0 Å². The van der Waals surface area contributed by atoms with E-state index in [9.17, 15) is 4.79 Å². The zero-order chi connectivity index (χ0) is 18.9. The van der Waals surface area contributed by atoms with Crippen LogP contribution < -0.4 is 5.32 Å². The van der Waals surface area contributed by atoms with Gasteiger partial charge in [0.05, 0.1) is 0 Å². The fourth-order valence-corrected chi connectivity index (χ4v) is 4.19. The minimum atomic E-state index is -0.812. The van der Waals surface area contributed by atoms with Crippen LogP contribution in [-0.2, 0) is 29.6 Å². The van der Waals surface area contributed by atoms with Gasteiger partial charge in [-0.3, -0.25) is 4.79 Å². The van der Waals surface area contributed by atoms with Crippen molar-refractivity contribution >= 4 is 5.91 Å². The molecule has 0 saturated heterocycles. The molecule has 0 bridgehead atoms. The number of rotatable bonds is 4. The van der Waals surface area contributed by atoms with Gasteiger partial charge < -0.3 is 5.32 Å². The van der Waals surface area contributed by atoms with E-state index in [0.717, 1.165) is 29.5 Å². The summed E-state index contributed by atoms with van der Waals surface area (Å²) in [6.07, 6.45) is 1.97. The molecule has 0 radical (unpaired) electrons. The van der Waals surface area contributed by atoms with E-state index in [4.69, 9.17) is 0 Å². The van der Waals surface area contributed by atoms with Crippen molar-refractivity contribution in [3.8, 4) is 0 Å². The van der Waals surface area contributed by atoms with Gasteiger partial charge in [-0.25, -0.2) is 0 Å². The first-order valence-electron chi connectivity index (χ1n) is 9.75. The second-order valence-electron chi connectivity index (χ2n) is 7.19. The molecule has 0 spiro atoms. The summed E-state index contributed by atoms with van der Waals surface area (Å²) in [5.41, 5.74) is 6.05. The predicted octanol–water partition coefficient (Wildman–Crippen LogP) is 4.78. The van der Waals surface area contributed by atoms with Gasteiger partial charge in [-0.1, -0.05) is 86.6 Å². The summed E-state index contributed by atoms with van der Waals surface area (Å²) in [6.45, 7) is 4.88. The second-order valence-corrected chi connectivity index (χ2v) is 7.19. The summed E-state index contributed by atoms with van der Waals surface area (Å²) in [6, 6.07) is 25.3. The first-order valence-corrected chi connectivity index (χ1v) is 9.75. The standard InChI is InChI=1S/C25H25NO/c1-3-18-9-13-21(14-10-18)25(22-15-11-19(4-2)12-16-22)23-8-6-5-7-20(23)17-26-24(25)27/h5-16H,3-4,17H2,1-2H3,(H,26,27). The number of hydrogen-bond acceptors (Lipinski definition) is 1. The molecule has 27 heavy (non-hydrogen) atoms. The van der Waals surface area contributed by atoms with Crippen LogP contribution in [0.15, 0.2) is 72.8 Å². The van der Waals surface area contributed by atoms with Crippen molar-refractivity contribution in [3.05, 3.63) is 106 Å². The molecule has 1 N–H and O–H groups in total. The highest BCUT2D eigenvalue weighted by molar-refractivity contribution is 5.97. The number of hydrogen-bond donors (Lipinski definition) is 1. The lowest BCUT2D eigenvalue weighted by Crippen LogP contribution is -2.50. The van der Waals surface area contributed by atoms with Gasteiger partial charge in [0.15, 0.2) is 0 Å². The molecule has 1 amide bonds. The van der Waals surface area contributed by atoms with Crippen molar-refractivity contribution in [2.45, 2.75) is 38.6 Å². The van der Waals surface area contributed by atoms with E-state index < -0.39 is 5.41 Å². The third-order valence-corrected chi connectivity index (χ3v) is 5.79. The second kappa shape index (κ2) is 7.03. The van der Waals surface area contributed by atoms with Crippen LogP contribution in [0.2, 0.25) is 0 Å². The molecule has 0 saturated carbocycles. The monoisotopic (exact) mass is 355 g/mol.